The van der Waals surface area contributed by atoms with Crippen molar-refractivity contribution in [2.75, 3.05) is 0 Å². The first-order valence-corrected chi connectivity index (χ1v) is 6.68. The molecule has 0 saturated heterocycles. The van der Waals surface area contributed by atoms with Crippen LogP contribution >= 0.6 is 11.3 Å². The van der Waals surface area contributed by atoms with Crippen LogP contribution in [0.2, 0.25) is 0 Å². The average Bonchev–Trinajstić information content (AvgIpc) is 2.76. The zero-order valence-electron chi connectivity index (χ0n) is 10.3. The molecule has 1 aromatic carbocycles. The summed E-state index contributed by atoms with van der Waals surface area (Å²) in [6.07, 6.45) is 0.733. The highest BCUT2D eigenvalue weighted by atomic mass is 32.1. The summed E-state index contributed by atoms with van der Waals surface area (Å²) in [6, 6.07) is 6.50. The second kappa shape index (κ2) is 6.08. The fourth-order valence-corrected chi connectivity index (χ4v) is 2.57. The summed E-state index contributed by atoms with van der Waals surface area (Å²) in [5.41, 5.74) is 7.41. The molecule has 2 rings (SSSR count). The fraction of sp³-hybridized carbons (Fsp3) is 0.308. The normalized spacial score (nSPS) is 12.7. The number of hydrogen-bond acceptors (Lipinski definition) is 4. The third-order valence-corrected chi connectivity index (χ3v) is 3.29. The van der Waals surface area contributed by atoms with Gasteiger partial charge in [-0.15, -0.1) is 11.3 Å². The Morgan fingerprint density at radius 1 is 1.32 bits per heavy atom. The molecule has 1 atom stereocenters. The van der Waals surface area contributed by atoms with E-state index in [0.29, 0.717) is 0 Å². The number of nitrogens with two attached hydrogens (primary N) is 1. The van der Waals surface area contributed by atoms with Crippen molar-refractivity contribution in [3.63, 3.8) is 0 Å². The number of hydrogen-bond donors (Lipinski definition) is 1. The molecule has 2 N–H and O–H groups in total. The Hall–Kier alpha value is -1.53. The zero-order valence-corrected chi connectivity index (χ0v) is 11.2. The molecule has 0 aliphatic rings. The van der Waals surface area contributed by atoms with E-state index in [1.165, 1.54) is 12.1 Å². The van der Waals surface area contributed by atoms with Crippen molar-refractivity contribution in [3.8, 4) is 17.0 Å². The first-order valence-electron chi connectivity index (χ1n) is 5.80. The third-order valence-electron chi connectivity index (χ3n) is 2.42. The molecule has 0 spiro atoms. The van der Waals surface area contributed by atoms with Gasteiger partial charge in [0.15, 0.2) is 0 Å². The van der Waals surface area contributed by atoms with E-state index < -0.39 is 6.61 Å². The largest absolute Gasteiger partial charge is 0.435 e. The van der Waals surface area contributed by atoms with E-state index in [1.54, 1.807) is 23.5 Å². The van der Waals surface area contributed by atoms with Crippen molar-refractivity contribution in [3.05, 3.63) is 34.7 Å². The van der Waals surface area contributed by atoms with E-state index in [9.17, 15) is 8.78 Å². The molecule has 1 unspecified atom stereocenters. The van der Waals surface area contributed by atoms with E-state index in [0.717, 1.165) is 22.7 Å². The summed E-state index contributed by atoms with van der Waals surface area (Å²) >= 11 is 1.55. The van der Waals surface area contributed by atoms with E-state index in [1.807, 2.05) is 12.3 Å². The molecule has 102 valence electrons. The molecule has 1 heterocycles. The standard InChI is InChI=1S/C13H14F2N2OS/c1-8(16)6-12-17-11(7-19-12)9-2-4-10(5-3-9)18-13(14)15/h2-5,7-8,13H,6,16H2,1H3. The van der Waals surface area contributed by atoms with Gasteiger partial charge in [-0.1, -0.05) is 0 Å². The van der Waals surface area contributed by atoms with Crippen LogP contribution in [0.1, 0.15) is 11.9 Å². The lowest BCUT2D eigenvalue weighted by Gasteiger charge is -2.04. The topological polar surface area (TPSA) is 48.1 Å². The van der Waals surface area contributed by atoms with Crippen LogP contribution < -0.4 is 10.5 Å². The molecule has 0 fully saturated rings. The number of aromatic nitrogens is 1. The first-order chi connectivity index (χ1) is 9.04. The Kier molecular flexibility index (Phi) is 4.44. The molecule has 0 amide bonds. The highest BCUT2D eigenvalue weighted by Gasteiger charge is 2.08. The fourth-order valence-electron chi connectivity index (χ4n) is 1.62. The van der Waals surface area contributed by atoms with Gasteiger partial charge in [-0.25, -0.2) is 4.98 Å². The Labute approximate surface area is 114 Å². The maximum atomic E-state index is 12.0. The van der Waals surface area contributed by atoms with Crippen LogP contribution in [0.15, 0.2) is 29.6 Å². The van der Waals surface area contributed by atoms with Gasteiger partial charge in [0.2, 0.25) is 0 Å². The zero-order chi connectivity index (χ0) is 13.8. The van der Waals surface area contributed by atoms with Crippen molar-refractivity contribution in [1.82, 2.24) is 4.98 Å². The summed E-state index contributed by atoms with van der Waals surface area (Å²) in [4.78, 5) is 4.46. The van der Waals surface area contributed by atoms with Crippen molar-refractivity contribution in [2.24, 2.45) is 5.73 Å². The minimum absolute atomic E-state index is 0.0702. The van der Waals surface area contributed by atoms with Crippen molar-refractivity contribution < 1.29 is 13.5 Å². The summed E-state index contributed by atoms with van der Waals surface area (Å²) in [5, 5.41) is 2.90. The van der Waals surface area contributed by atoms with Gasteiger partial charge in [0.25, 0.3) is 0 Å². The van der Waals surface area contributed by atoms with E-state index >= 15 is 0 Å². The minimum Gasteiger partial charge on any atom is -0.435 e. The molecule has 3 nitrogen and oxygen atoms in total. The first kappa shape index (κ1) is 13.9. The van der Waals surface area contributed by atoms with Crippen LogP contribution in [0, 0.1) is 0 Å². The molecule has 0 aliphatic heterocycles. The predicted octanol–water partition coefficient (Wildman–Crippen LogP) is 3.30. The Morgan fingerprint density at radius 3 is 2.58 bits per heavy atom. The lowest BCUT2D eigenvalue weighted by molar-refractivity contribution is -0.0498. The number of thiazole rings is 1. The average molecular weight is 284 g/mol. The van der Waals surface area contributed by atoms with Crippen LogP contribution in [0.5, 0.6) is 5.75 Å². The van der Waals surface area contributed by atoms with Crippen LogP contribution in [-0.4, -0.2) is 17.6 Å². The summed E-state index contributed by atoms with van der Waals surface area (Å²) in [5.74, 6) is 0.143. The number of benzene rings is 1. The molecule has 6 heteroatoms. The highest BCUT2D eigenvalue weighted by Crippen LogP contribution is 2.25. The van der Waals surface area contributed by atoms with Gasteiger partial charge in [0.05, 0.1) is 10.7 Å². The summed E-state index contributed by atoms with van der Waals surface area (Å²) in [6.45, 7) is -0.875. The quantitative estimate of drug-likeness (QED) is 0.916. The van der Waals surface area contributed by atoms with Gasteiger partial charge in [-0.3, -0.25) is 0 Å². The van der Waals surface area contributed by atoms with E-state index in [-0.39, 0.29) is 11.8 Å². The molecular formula is C13H14F2N2OS. The van der Waals surface area contributed by atoms with Crippen molar-refractivity contribution in [1.29, 1.82) is 0 Å². The third kappa shape index (κ3) is 3.97. The van der Waals surface area contributed by atoms with Crippen LogP contribution in [0.3, 0.4) is 0 Å². The molecule has 0 saturated carbocycles. The maximum absolute atomic E-state index is 12.0. The molecular weight excluding hydrogens is 270 g/mol. The smallest absolute Gasteiger partial charge is 0.387 e. The van der Waals surface area contributed by atoms with E-state index in [4.69, 9.17) is 5.73 Å². The summed E-state index contributed by atoms with van der Waals surface area (Å²) in [7, 11) is 0. The Balaban J connectivity index is 2.11. The summed E-state index contributed by atoms with van der Waals surface area (Å²) < 4.78 is 28.3. The van der Waals surface area contributed by atoms with Gasteiger partial charge in [0.1, 0.15) is 5.75 Å². The molecule has 0 bridgehead atoms. The number of nitrogens with zero attached hydrogens (tertiary/aromatic N) is 1. The van der Waals surface area contributed by atoms with E-state index in [2.05, 4.69) is 9.72 Å². The second-order valence-electron chi connectivity index (χ2n) is 4.21. The molecule has 2 aromatic rings. The SMILES string of the molecule is CC(N)Cc1nc(-c2ccc(OC(F)F)cc2)cs1. The van der Waals surface area contributed by atoms with Gasteiger partial charge >= 0.3 is 6.61 Å². The van der Waals surface area contributed by atoms with Crippen molar-refractivity contribution in [2.45, 2.75) is 26.0 Å². The van der Waals surface area contributed by atoms with Crippen LogP contribution in [0.4, 0.5) is 8.78 Å². The van der Waals surface area contributed by atoms with Gasteiger partial charge in [-0.05, 0) is 31.2 Å². The highest BCUT2D eigenvalue weighted by molar-refractivity contribution is 7.09. The molecule has 1 aromatic heterocycles. The number of ether oxygens (including phenoxy) is 1. The molecule has 0 radical (unpaired) electrons. The predicted molar refractivity (Wildman–Crippen MR) is 71.5 cm³/mol. The molecule has 19 heavy (non-hydrogen) atoms. The lowest BCUT2D eigenvalue weighted by atomic mass is 10.2. The monoisotopic (exact) mass is 284 g/mol. The Bertz CT molecular complexity index is 526. The van der Waals surface area contributed by atoms with Gasteiger partial charge in [-0.2, -0.15) is 8.78 Å². The van der Waals surface area contributed by atoms with Gasteiger partial charge < -0.3 is 10.5 Å². The van der Waals surface area contributed by atoms with Gasteiger partial charge in [0, 0.05) is 23.4 Å². The lowest BCUT2D eigenvalue weighted by Crippen LogP contribution is -2.17. The second-order valence-corrected chi connectivity index (χ2v) is 5.15. The maximum Gasteiger partial charge on any atom is 0.387 e. The molecule has 0 aliphatic carbocycles. The minimum atomic E-state index is -2.80. The number of halogens is 2. The number of alkyl halides is 2. The number of rotatable bonds is 5. The van der Waals surface area contributed by atoms with Crippen LogP contribution in [0.25, 0.3) is 11.3 Å². The van der Waals surface area contributed by atoms with Crippen molar-refractivity contribution >= 4 is 11.3 Å². The van der Waals surface area contributed by atoms with Crippen LogP contribution in [-0.2, 0) is 6.42 Å². The Morgan fingerprint density at radius 2 is 2.00 bits per heavy atom.